The third-order valence-corrected chi connectivity index (χ3v) is 5.05. The zero-order valence-electron chi connectivity index (χ0n) is 15.6. The molecule has 1 saturated heterocycles. The molecule has 0 saturated carbocycles. The van der Waals surface area contributed by atoms with Gasteiger partial charge in [-0.3, -0.25) is 14.5 Å². The number of likely N-dealkylation sites (tertiary alicyclic amines) is 1. The minimum atomic E-state index is -0.115. The van der Waals surface area contributed by atoms with Crippen LogP contribution in [0.15, 0.2) is 30.3 Å². The smallest absolute Gasteiger partial charge is 0.227 e. The van der Waals surface area contributed by atoms with Crippen molar-refractivity contribution in [1.29, 1.82) is 0 Å². The fraction of sp³-hybridized carbons (Fsp3) is 0.600. The van der Waals surface area contributed by atoms with Crippen molar-refractivity contribution < 1.29 is 9.59 Å². The molecule has 1 aliphatic heterocycles. The Kier molecular flexibility index (Phi) is 5.49. The van der Waals surface area contributed by atoms with E-state index in [1.165, 1.54) is 0 Å². The summed E-state index contributed by atoms with van der Waals surface area (Å²) >= 11 is 0. The van der Waals surface area contributed by atoms with E-state index in [-0.39, 0.29) is 28.7 Å². The molecule has 1 fully saturated rings. The van der Waals surface area contributed by atoms with Crippen molar-refractivity contribution >= 4 is 17.4 Å². The number of nitrogens with zero attached hydrogens (tertiary/aromatic N) is 1. The molecule has 4 nitrogen and oxygen atoms in total. The van der Waals surface area contributed by atoms with E-state index in [4.69, 9.17) is 0 Å². The fourth-order valence-corrected chi connectivity index (χ4v) is 4.14. The molecule has 1 aromatic carbocycles. The Labute approximate surface area is 145 Å². The Morgan fingerprint density at radius 3 is 2.12 bits per heavy atom. The maximum atomic E-state index is 12.7. The van der Waals surface area contributed by atoms with Gasteiger partial charge in [-0.2, -0.15) is 0 Å². The maximum Gasteiger partial charge on any atom is 0.227 e. The largest absolute Gasteiger partial charge is 0.326 e. The average Bonchev–Trinajstić information content (AvgIpc) is 2.45. The number of carbonyl (C=O) groups excluding carboxylic acids is 2. The van der Waals surface area contributed by atoms with Gasteiger partial charge in [0.05, 0.1) is 0 Å². The topological polar surface area (TPSA) is 49.4 Å². The van der Waals surface area contributed by atoms with Crippen LogP contribution in [-0.4, -0.2) is 34.2 Å². The lowest BCUT2D eigenvalue weighted by Gasteiger charge is -2.55. The number of nitrogens with one attached hydrogen (secondary N) is 1. The first-order chi connectivity index (χ1) is 11.1. The summed E-state index contributed by atoms with van der Waals surface area (Å²) in [5, 5.41) is 3.04. The van der Waals surface area contributed by atoms with Crippen LogP contribution in [-0.2, 0) is 9.59 Å². The number of hydrogen-bond donors (Lipinski definition) is 1. The van der Waals surface area contributed by atoms with Gasteiger partial charge in [-0.05, 0) is 59.6 Å². The first-order valence-electron chi connectivity index (χ1n) is 8.75. The lowest BCUT2D eigenvalue weighted by atomic mass is 9.73. The molecule has 1 amide bonds. The number of para-hydroxylation sites is 1. The molecule has 0 radical (unpaired) electrons. The summed E-state index contributed by atoms with van der Waals surface area (Å²) in [6.45, 7) is 11.1. The van der Waals surface area contributed by atoms with Gasteiger partial charge in [-0.1, -0.05) is 18.2 Å². The van der Waals surface area contributed by atoms with Crippen LogP contribution in [0.4, 0.5) is 5.69 Å². The van der Waals surface area contributed by atoms with Gasteiger partial charge < -0.3 is 5.32 Å². The summed E-state index contributed by atoms with van der Waals surface area (Å²) < 4.78 is 0. The van der Waals surface area contributed by atoms with Gasteiger partial charge in [0, 0.05) is 35.6 Å². The fourth-order valence-electron chi connectivity index (χ4n) is 4.14. The summed E-state index contributed by atoms with van der Waals surface area (Å²) in [4.78, 5) is 26.5. The molecule has 0 spiro atoms. The van der Waals surface area contributed by atoms with Crippen molar-refractivity contribution in [2.24, 2.45) is 5.92 Å². The summed E-state index contributed by atoms with van der Waals surface area (Å²) in [6, 6.07) is 9.61. The molecule has 0 atom stereocenters. The number of anilines is 1. The van der Waals surface area contributed by atoms with Crippen molar-refractivity contribution in [1.82, 2.24) is 4.90 Å². The van der Waals surface area contributed by atoms with E-state index in [1.54, 1.807) is 6.92 Å². The summed E-state index contributed by atoms with van der Waals surface area (Å²) in [7, 11) is 0. The number of Topliss-reactive ketones (excluding diaryl/α,β-unsaturated/α-hetero) is 1. The second-order valence-electron chi connectivity index (χ2n) is 8.19. The number of ketones is 1. The van der Waals surface area contributed by atoms with Crippen molar-refractivity contribution in [3.63, 3.8) is 0 Å². The van der Waals surface area contributed by atoms with Crippen LogP contribution in [0.3, 0.4) is 0 Å². The van der Waals surface area contributed by atoms with Crippen LogP contribution < -0.4 is 5.32 Å². The Morgan fingerprint density at radius 1 is 1.08 bits per heavy atom. The lowest BCUT2D eigenvalue weighted by Crippen LogP contribution is -2.62. The van der Waals surface area contributed by atoms with Gasteiger partial charge in [0.2, 0.25) is 5.91 Å². The first-order valence-corrected chi connectivity index (χ1v) is 8.75. The molecule has 0 aromatic heterocycles. The van der Waals surface area contributed by atoms with Crippen LogP contribution >= 0.6 is 0 Å². The van der Waals surface area contributed by atoms with E-state index in [2.05, 4.69) is 37.9 Å². The van der Waals surface area contributed by atoms with Gasteiger partial charge in [0.25, 0.3) is 0 Å². The minimum Gasteiger partial charge on any atom is -0.326 e. The second-order valence-corrected chi connectivity index (χ2v) is 8.19. The molecule has 1 N–H and O–H groups in total. The molecule has 0 aliphatic carbocycles. The number of piperidine rings is 1. The minimum absolute atomic E-state index is 0.0243. The van der Waals surface area contributed by atoms with Gasteiger partial charge >= 0.3 is 0 Å². The molecule has 132 valence electrons. The Hall–Kier alpha value is -1.68. The number of benzene rings is 1. The summed E-state index contributed by atoms with van der Waals surface area (Å²) in [5.41, 5.74) is 0.614. The highest BCUT2D eigenvalue weighted by molar-refractivity contribution is 5.92. The van der Waals surface area contributed by atoms with E-state index in [1.807, 2.05) is 30.3 Å². The van der Waals surface area contributed by atoms with E-state index in [0.29, 0.717) is 6.42 Å². The number of hydrogen-bond acceptors (Lipinski definition) is 3. The average molecular weight is 330 g/mol. The Bertz CT molecular complexity index is 575. The van der Waals surface area contributed by atoms with E-state index < -0.39 is 0 Å². The molecule has 1 aromatic rings. The molecule has 0 bridgehead atoms. The first kappa shape index (κ1) is 18.7. The van der Waals surface area contributed by atoms with Crippen molar-refractivity contribution in [2.75, 3.05) is 11.9 Å². The predicted octanol–water partition coefficient (Wildman–Crippen LogP) is 3.87. The monoisotopic (exact) mass is 330 g/mol. The molecular weight excluding hydrogens is 300 g/mol. The maximum absolute atomic E-state index is 12.7. The van der Waals surface area contributed by atoms with E-state index in [9.17, 15) is 9.59 Å². The molecule has 4 heteroatoms. The Morgan fingerprint density at radius 2 is 1.62 bits per heavy atom. The summed E-state index contributed by atoms with van der Waals surface area (Å²) in [6.07, 6.45) is 2.16. The highest BCUT2D eigenvalue weighted by atomic mass is 16.2. The van der Waals surface area contributed by atoms with Crippen molar-refractivity contribution in [2.45, 2.75) is 65.0 Å². The van der Waals surface area contributed by atoms with E-state index in [0.717, 1.165) is 25.1 Å². The predicted molar refractivity (Wildman–Crippen MR) is 98.0 cm³/mol. The van der Waals surface area contributed by atoms with Gasteiger partial charge in [-0.25, -0.2) is 0 Å². The van der Waals surface area contributed by atoms with Crippen molar-refractivity contribution in [3.8, 4) is 0 Å². The highest BCUT2D eigenvalue weighted by Gasteiger charge is 2.46. The number of carbonyl (C=O) groups is 2. The molecule has 0 unspecified atom stereocenters. The van der Waals surface area contributed by atoms with Crippen LogP contribution in [0.1, 0.15) is 53.9 Å². The van der Waals surface area contributed by atoms with Gasteiger partial charge in [0.15, 0.2) is 0 Å². The van der Waals surface area contributed by atoms with E-state index >= 15 is 0 Å². The van der Waals surface area contributed by atoms with Crippen LogP contribution in [0.25, 0.3) is 0 Å². The van der Waals surface area contributed by atoms with Gasteiger partial charge in [0.1, 0.15) is 5.78 Å². The molecular formula is C20H30N2O2. The van der Waals surface area contributed by atoms with Crippen molar-refractivity contribution in [3.05, 3.63) is 30.3 Å². The SMILES string of the molecule is CC(=O)CCN1C(C)(C)CC(C(=O)Nc2ccccc2)CC1(C)C. The Balaban J connectivity index is 2.10. The molecule has 1 heterocycles. The van der Waals surface area contributed by atoms with Crippen LogP contribution in [0.5, 0.6) is 0 Å². The highest BCUT2D eigenvalue weighted by Crippen LogP contribution is 2.41. The molecule has 1 aliphatic rings. The number of amides is 1. The summed E-state index contributed by atoms with van der Waals surface area (Å²) in [5.74, 6) is 0.280. The zero-order valence-corrected chi connectivity index (χ0v) is 15.6. The van der Waals surface area contributed by atoms with Crippen LogP contribution in [0, 0.1) is 5.92 Å². The third kappa shape index (κ3) is 4.44. The van der Waals surface area contributed by atoms with Crippen LogP contribution in [0.2, 0.25) is 0 Å². The quantitative estimate of drug-likeness (QED) is 0.891. The lowest BCUT2D eigenvalue weighted by molar-refractivity contribution is -0.130. The molecule has 2 rings (SSSR count). The zero-order chi connectivity index (χ0) is 18.0. The standard InChI is InChI=1S/C20H30N2O2/c1-15(23)11-12-22-19(2,3)13-16(14-20(22,4)5)18(24)21-17-9-7-6-8-10-17/h6-10,16H,11-14H2,1-5H3,(H,21,24). The normalized spacial score (nSPS) is 20.5. The van der Waals surface area contributed by atoms with Gasteiger partial charge in [-0.15, -0.1) is 0 Å². The second kappa shape index (κ2) is 7.06. The third-order valence-electron chi connectivity index (χ3n) is 5.05. The molecule has 24 heavy (non-hydrogen) atoms. The number of rotatable bonds is 5.